The number of methoxy groups -OCH3 is 1. The Morgan fingerprint density at radius 1 is 1.42 bits per heavy atom. The Labute approximate surface area is 115 Å². The van der Waals surface area contributed by atoms with E-state index in [9.17, 15) is 4.79 Å². The minimum absolute atomic E-state index is 0. The van der Waals surface area contributed by atoms with Gasteiger partial charge in [-0.25, -0.2) is 0 Å². The number of hydrogen-bond donors (Lipinski definition) is 1. The maximum Gasteiger partial charge on any atom is 1.00 e. The van der Waals surface area contributed by atoms with Crippen molar-refractivity contribution < 1.29 is 62.3 Å². The Balaban J connectivity index is 0. The molecule has 0 aliphatic heterocycles. The van der Waals surface area contributed by atoms with Crippen LogP contribution in [-0.4, -0.2) is 13.5 Å². The molecule has 1 aromatic carbocycles. The van der Waals surface area contributed by atoms with Crippen LogP contribution in [0.2, 0.25) is 0 Å². The van der Waals surface area contributed by atoms with Crippen LogP contribution >= 0.6 is 0 Å². The number of rotatable bonds is 3. The molecule has 12 heavy (non-hydrogen) atoms. The predicted octanol–water partition coefficient (Wildman–Crippen LogP) is -1.62. The normalized spacial score (nSPS) is 8.08. The Hall–Kier alpha value is 0.126. The molecule has 0 radical (unpaired) electrons. The molecular weight excluding hydrogens is 181 g/mol. The van der Waals surface area contributed by atoms with Crippen molar-refractivity contribution in [2.75, 3.05) is 12.4 Å². The third-order valence-corrected chi connectivity index (χ3v) is 1.32. The van der Waals surface area contributed by atoms with Gasteiger partial charge in [-0.3, -0.25) is 4.79 Å². The fourth-order valence-electron chi connectivity index (χ4n) is 0.755. The van der Waals surface area contributed by atoms with E-state index in [-0.39, 0.29) is 52.8 Å². The molecule has 4 heteroatoms. The molecule has 0 unspecified atom stereocenters. The second-order valence-electron chi connectivity index (χ2n) is 1.99. The Morgan fingerprint density at radius 3 is 2.42 bits per heavy atom. The van der Waals surface area contributed by atoms with Crippen molar-refractivity contribution in [3.05, 3.63) is 24.3 Å². The van der Waals surface area contributed by atoms with Crippen LogP contribution < -0.4 is 61.4 Å². The molecule has 1 rings (SSSR count). The maximum absolute atomic E-state index is 9.99. The van der Waals surface area contributed by atoms with Crippen molar-refractivity contribution in [3.63, 3.8) is 0 Å². The Kier molecular flexibility index (Phi) is 6.69. The summed E-state index contributed by atoms with van der Waals surface area (Å²) >= 11 is 0. The maximum atomic E-state index is 9.99. The largest absolute Gasteiger partial charge is 1.00 e. The first-order valence-electron chi connectivity index (χ1n) is 3.21. The third kappa shape index (κ3) is 3.69. The van der Waals surface area contributed by atoms with E-state index in [0.29, 0.717) is 6.41 Å². The van der Waals surface area contributed by atoms with E-state index >= 15 is 0 Å². The second kappa shape index (κ2) is 6.62. The van der Waals surface area contributed by atoms with Crippen LogP contribution in [0.4, 0.5) is 5.69 Å². The molecule has 0 fully saturated rings. The smallest absolute Gasteiger partial charge is 1.00 e. The van der Waals surface area contributed by atoms with Gasteiger partial charge in [0.1, 0.15) is 5.75 Å². The molecule has 0 saturated carbocycles. The van der Waals surface area contributed by atoms with Crippen LogP contribution in [0.15, 0.2) is 24.3 Å². The van der Waals surface area contributed by atoms with Crippen LogP contribution in [-0.2, 0) is 4.79 Å². The molecule has 1 amide bonds. The minimum Gasteiger partial charge on any atom is -1.00 e. The third-order valence-electron chi connectivity index (χ3n) is 1.32. The van der Waals surface area contributed by atoms with Gasteiger partial charge in [-0.2, -0.15) is 0 Å². The first-order valence-corrected chi connectivity index (χ1v) is 3.21. The first kappa shape index (κ1) is 12.1. The molecule has 0 aromatic heterocycles. The van der Waals surface area contributed by atoms with Gasteiger partial charge in [0.2, 0.25) is 6.41 Å². The van der Waals surface area contributed by atoms with E-state index in [0.717, 1.165) is 11.4 Å². The fourth-order valence-corrected chi connectivity index (χ4v) is 0.755. The molecule has 3 nitrogen and oxygen atoms in total. The fraction of sp³-hybridized carbons (Fsp3) is 0.125. The Morgan fingerprint density at radius 2 is 2.00 bits per heavy atom. The van der Waals surface area contributed by atoms with Gasteiger partial charge in [0.05, 0.1) is 7.11 Å². The molecular formula is C8H10KNO2. The van der Waals surface area contributed by atoms with E-state index in [2.05, 4.69) is 5.32 Å². The number of hydrogen-bond acceptors (Lipinski definition) is 2. The topological polar surface area (TPSA) is 38.3 Å². The van der Waals surface area contributed by atoms with E-state index in [4.69, 9.17) is 4.74 Å². The van der Waals surface area contributed by atoms with Crippen LogP contribution in [0.25, 0.3) is 0 Å². The van der Waals surface area contributed by atoms with Crippen molar-refractivity contribution >= 4 is 12.1 Å². The molecule has 0 atom stereocenters. The summed E-state index contributed by atoms with van der Waals surface area (Å²) in [6.07, 6.45) is 0.641. The van der Waals surface area contributed by atoms with Gasteiger partial charge in [0.25, 0.3) is 0 Å². The first-order chi connectivity index (χ1) is 5.36. The van der Waals surface area contributed by atoms with Gasteiger partial charge in [0, 0.05) is 5.69 Å². The zero-order valence-corrected chi connectivity index (χ0v) is 10.3. The number of amides is 1. The predicted molar refractivity (Wildman–Crippen MR) is 43.8 cm³/mol. The van der Waals surface area contributed by atoms with Gasteiger partial charge < -0.3 is 11.5 Å². The van der Waals surface area contributed by atoms with E-state index in [1.165, 1.54) is 0 Å². The molecule has 0 bridgehead atoms. The summed E-state index contributed by atoms with van der Waals surface area (Å²) in [5.41, 5.74) is 0.765. The van der Waals surface area contributed by atoms with Gasteiger partial charge >= 0.3 is 51.4 Å². The monoisotopic (exact) mass is 191 g/mol. The molecule has 0 aliphatic rings. The van der Waals surface area contributed by atoms with Crippen molar-refractivity contribution in [3.8, 4) is 5.75 Å². The van der Waals surface area contributed by atoms with Crippen LogP contribution in [0.1, 0.15) is 1.43 Å². The standard InChI is InChI=1S/C8H9NO2.K.H/c1-11-8-4-2-7(3-5-8)9-6-10;;/h2-6H,1H3,(H,9,10);;/q;+1;-1. The summed E-state index contributed by atoms with van der Waals surface area (Å²) in [7, 11) is 1.60. The number of benzene rings is 1. The summed E-state index contributed by atoms with van der Waals surface area (Å²) in [4.78, 5) is 9.99. The zero-order valence-electron chi connectivity index (χ0n) is 8.20. The minimum atomic E-state index is 0. The molecule has 0 spiro atoms. The van der Waals surface area contributed by atoms with E-state index in [1.54, 1.807) is 31.4 Å². The van der Waals surface area contributed by atoms with Crippen LogP contribution in [0, 0.1) is 0 Å². The van der Waals surface area contributed by atoms with Gasteiger partial charge in [0.15, 0.2) is 0 Å². The van der Waals surface area contributed by atoms with Crippen molar-refractivity contribution in [1.29, 1.82) is 0 Å². The molecule has 1 aromatic rings. The summed E-state index contributed by atoms with van der Waals surface area (Å²) in [6, 6.07) is 7.11. The SMILES string of the molecule is COc1ccc(NC=O)cc1.[H-].[K+]. The molecule has 60 valence electrons. The molecule has 0 saturated heterocycles. The quantitative estimate of drug-likeness (QED) is 0.461. The number of carbonyl (C=O) groups excluding carboxylic acids is 1. The second-order valence-corrected chi connectivity index (χ2v) is 1.99. The Bertz CT molecular complexity index is 240. The average Bonchev–Trinajstić information content (AvgIpc) is 2.07. The molecule has 0 heterocycles. The van der Waals surface area contributed by atoms with Gasteiger partial charge in [-0.15, -0.1) is 0 Å². The number of ether oxygens (including phenoxy) is 1. The summed E-state index contributed by atoms with van der Waals surface area (Å²) in [5, 5.41) is 2.52. The van der Waals surface area contributed by atoms with E-state index < -0.39 is 0 Å². The van der Waals surface area contributed by atoms with Crippen LogP contribution in [0.5, 0.6) is 5.75 Å². The number of nitrogens with one attached hydrogen (secondary N) is 1. The number of carbonyl (C=O) groups is 1. The molecule has 0 aliphatic carbocycles. The summed E-state index contributed by atoms with van der Waals surface area (Å²) in [6.45, 7) is 0. The zero-order chi connectivity index (χ0) is 8.10. The van der Waals surface area contributed by atoms with Crippen molar-refractivity contribution in [1.82, 2.24) is 0 Å². The summed E-state index contributed by atoms with van der Waals surface area (Å²) in [5.74, 6) is 0.779. The summed E-state index contributed by atoms with van der Waals surface area (Å²) < 4.78 is 4.93. The average molecular weight is 191 g/mol. The van der Waals surface area contributed by atoms with Gasteiger partial charge in [-0.1, -0.05) is 0 Å². The van der Waals surface area contributed by atoms with Crippen molar-refractivity contribution in [2.45, 2.75) is 0 Å². The van der Waals surface area contributed by atoms with E-state index in [1.807, 2.05) is 0 Å². The van der Waals surface area contributed by atoms with Crippen LogP contribution in [0.3, 0.4) is 0 Å². The van der Waals surface area contributed by atoms with Crippen molar-refractivity contribution in [2.24, 2.45) is 0 Å². The number of anilines is 1. The van der Waals surface area contributed by atoms with Gasteiger partial charge in [-0.05, 0) is 24.3 Å². The molecule has 1 N–H and O–H groups in total.